The number of hydrogen-bond acceptors (Lipinski definition) is 3. The summed E-state index contributed by atoms with van der Waals surface area (Å²) >= 11 is 0. The van der Waals surface area contributed by atoms with Crippen LogP contribution in [0.5, 0.6) is 0 Å². The van der Waals surface area contributed by atoms with Crippen LogP contribution < -0.4 is 5.73 Å². The standard InChI is InChI=1S/C17H34N2O/c1-4-15-6-5-7-16(12-15,13-18)17(20)8-10-19(11-9-17)14(2)3/h14-15,20H,4-13,18H2,1-3H3. The lowest BCUT2D eigenvalue weighted by Crippen LogP contribution is -2.60. The van der Waals surface area contributed by atoms with E-state index in [1.807, 2.05) is 0 Å². The van der Waals surface area contributed by atoms with Gasteiger partial charge in [0.05, 0.1) is 5.60 Å². The predicted molar refractivity (Wildman–Crippen MR) is 84.6 cm³/mol. The Kier molecular flexibility index (Phi) is 5.14. The van der Waals surface area contributed by atoms with E-state index < -0.39 is 5.60 Å². The Bertz CT molecular complexity index is 310. The van der Waals surface area contributed by atoms with Crippen LogP contribution in [-0.4, -0.2) is 41.3 Å². The maximum atomic E-state index is 11.4. The first-order valence-electron chi connectivity index (χ1n) is 8.63. The van der Waals surface area contributed by atoms with Crippen LogP contribution in [0.1, 0.15) is 65.7 Å². The van der Waals surface area contributed by atoms with E-state index in [0.717, 1.165) is 44.7 Å². The van der Waals surface area contributed by atoms with E-state index in [1.165, 1.54) is 19.3 Å². The molecule has 1 saturated carbocycles. The second-order valence-corrected chi connectivity index (χ2v) is 7.52. The Morgan fingerprint density at radius 3 is 2.40 bits per heavy atom. The number of nitrogens with two attached hydrogens (primary N) is 1. The Morgan fingerprint density at radius 1 is 1.25 bits per heavy atom. The topological polar surface area (TPSA) is 49.5 Å². The van der Waals surface area contributed by atoms with Crippen LogP contribution in [0, 0.1) is 11.3 Å². The Balaban J connectivity index is 2.10. The van der Waals surface area contributed by atoms with Crippen LogP contribution in [0.15, 0.2) is 0 Å². The molecule has 1 heterocycles. The average molecular weight is 282 g/mol. The van der Waals surface area contributed by atoms with Crippen molar-refractivity contribution in [3.8, 4) is 0 Å². The summed E-state index contributed by atoms with van der Waals surface area (Å²) in [7, 11) is 0. The van der Waals surface area contributed by atoms with Crippen molar-refractivity contribution < 1.29 is 5.11 Å². The first kappa shape index (κ1) is 16.3. The highest BCUT2D eigenvalue weighted by molar-refractivity contribution is 5.04. The molecule has 1 saturated heterocycles. The molecular formula is C17H34N2O. The molecule has 2 atom stereocenters. The van der Waals surface area contributed by atoms with Crippen molar-refractivity contribution >= 4 is 0 Å². The van der Waals surface area contributed by atoms with Crippen LogP contribution in [0.25, 0.3) is 0 Å². The summed E-state index contributed by atoms with van der Waals surface area (Å²) in [6.45, 7) is 9.47. The minimum absolute atomic E-state index is 0.0189. The van der Waals surface area contributed by atoms with Gasteiger partial charge in [0.25, 0.3) is 0 Å². The maximum absolute atomic E-state index is 11.4. The number of rotatable bonds is 4. The quantitative estimate of drug-likeness (QED) is 0.833. The van der Waals surface area contributed by atoms with Crippen molar-refractivity contribution in [2.75, 3.05) is 19.6 Å². The van der Waals surface area contributed by atoms with Crippen LogP contribution in [0.3, 0.4) is 0 Å². The normalized spacial score (nSPS) is 35.4. The molecule has 1 aliphatic carbocycles. The van der Waals surface area contributed by atoms with E-state index in [0.29, 0.717) is 12.6 Å². The molecule has 0 amide bonds. The van der Waals surface area contributed by atoms with Crippen LogP contribution in [0.4, 0.5) is 0 Å². The predicted octanol–water partition coefficient (Wildman–Crippen LogP) is 2.77. The minimum atomic E-state index is -0.527. The molecule has 2 unspecified atom stereocenters. The zero-order valence-corrected chi connectivity index (χ0v) is 13.7. The second kappa shape index (κ2) is 6.33. The molecule has 0 aromatic heterocycles. The van der Waals surface area contributed by atoms with Crippen molar-refractivity contribution in [2.45, 2.75) is 77.4 Å². The highest BCUT2D eigenvalue weighted by Gasteiger charge is 2.52. The van der Waals surface area contributed by atoms with Crippen molar-refractivity contribution in [1.82, 2.24) is 4.90 Å². The van der Waals surface area contributed by atoms with Gasteiger partial charge in [-0.25, -0.2) is 0 Å². The molecule has 3 heteroatoms. The minimum Gasteiger partial charge on any atom is -0.389 e. The molecule has 2 aliphatic rings. The number of aliphatic hydroxyl groups is 1. The first-order chi connectivity index (χ1) is 9.46. The lowest BCUT2D eigenvalue weighted by Gasteiger charge is -2.54. The van der Waals surface area contributed by atoms with Crippen LogP contribution in [-0.2, 0) is 0 Å². The van der Waals surface area contributed by atoms with Crippen molar-refractivity contribution in [2.24, 2.45) is 17.1 Å². The molecule has 1 aliphatic heterocycles. The number of hydrogen-bond donors (Lipinski definition) is 2. The van der Waals surface area contributed by atoms with E-state index in [9.17, 15) is 5.11 Å². The molecular weight excluding hydrogens is 248 g/mol. The molecule has 2 fully saturated rings. The van der Waals surface area contributed by atoms with Gasteiger partial charge in [-0.1, -0.05) is 26.2 Å². The third-order valence-electron chi connectivity index (χ3n) is 6.26. The van der Waals surface area contributed by atoms with E-state index in [-0.39, 0.29) is 5.41 Å². The van der Waals surface area contributed by atoms with Gasteiger partial charge in [0.1, 0.15) is 0 Å². The molecule has 3 nitrogen and oxygen atoms in total. The molecule has 0 aromatic carbocycles. The molecule has 0 radical (unpaired) electrons. The van der Waals surface area contributed by atoms with Crippen LogP contribution in [0.2, 0.25) is 0 Å². The lowest BCUT2D eigenvalue weighted by molar-refractivity contribution is -0.142. The Morgan fingerprint density at radius 2 is 1.90 bits per heavy atom. The Labute approximate surface area is 124 Å². The van der Waals surface area contributed by atoms with Gasteiger partial charge in [-0.05, 0) is 45.4 Å². The molecule has 0 spiro atoms. The highest BCUT2D eigenvalue weighted by Crippen LogP contribution is 2.51. The van der Waals surface area contributed by atoms with Gasteiger partial charge < -0.3 is 15.7 Å². The zero-order valence-electron chi connectivity index (χ0n) is 13.7. The maximum Gasteiger partial charge on any atom is 0.0740 e. The molecule has 118 valence electrons. The molecule has 0 bridgehead atoms. The average Bonchev–Trinajstić information content (AvgIpc) is 2.47. The lowest BCUT2D eigenvalue weighted by atomic mass is 9.57. The zero-order chi connectivity index (χ0) is 14.8. The molecule has 0 aromatic rings. The fraction of sp³-hybridized carbons (Fsp3) is 1.00. The first-order valence-corrected chi connectivity index (χ1v) is 8.63. The number of likely N-dealkylation sites (tertiary alicyclic amines) is 1. The second-order valence-electron chi connectivity index (χ2n) is 7.52. The molecule has 20 heavy (non-hydrogen) atoms. The monoisotopic (exact) mass is 282 g/mol. The largest absolute Gasteiger partial charge is 0.389 e. The SMILES string of the molecule is CCC1CCCC(CN)(C2(O)CCN(C(C)C)CC2)C1. The summed E-state index contributed by atoms with van der Waals surface area (Å²) < 4.78 is 0. The third-order valence-corrected chi connectivity index (χ3v) is 6.26. The fourth-order valence-corrected chi connectivity index (χ4v) is 4.57. The van der Waals surface area contributed by atoms with E-state index in [4.69, 9.17) is 5.73 Å². The number of nitrogens with zero attached hydrogens (tertiary/aromatic N) is 1. The number of piperidine rings is 1. The molecule has 3 N–H and O–H groups in total. The van der Waals surface area contributed by atoms with Gasteiger partial charge in [0.15, 0.2) is 0 Å². The van der Waals surface area contributed by atoms with Gasteiger partial charge >= 0.3 is 0 Å². The van der Waals surface area contributed by atoms with E-state index in [2.05, 4.69) is 25.7 Å². The van der Waals surface area contributed by atoms with Gasteiger partial charge in [-0.2, -0.15) is 0 Å². The summed E-state index contributed by atoms with van der Waals surface area (Å²) in [5.74, 6) is 0.763. The summed E-state index contributed by atoms with van der Waals surface area (Å²) in [4.78, 5) is 2.48. The summed E-state index contributed by atoms with van der Waals surface area (Å²) in [6, 6.07) is 0.586. The van der Waals surface area contributed by atoms with Gasteiger partial charge in [0.2, 0.25) is 0 Å². The smallest absolute Gasteiger partial charge is 0.0740 e. The molecule has 2 rings (SSSR count). The fourth-order valence-electron chi connectivity index (χ4n) is 4.57. The van der Waals surface area contributed by atoms with Crippen molar-refractivity contribution in [1.29, 1.82) is 0 Å². The summed E-state index contributed by atoms with van der Waals surface area (Å²) in [5, 5.41) is 11.4. The van der Waals surface area contributed by atoms with Gasteiger partial charge in [-0.3, -0.25) is 0 Å². The highest BCUT2D eigenvalue weighted by atomic mass is 16.3. The van der Waals surface area contributed by atoms with E-state index in [1.54, 1.807) is 0 Å². The van der Waals surface area contributed by atoms with Crippen molar-refractivity contribution in [3.63, 3.8) is 0 Å². The summed E-state index contributed by atoms with van der Waals surface area (Å²) in [5.41, 5.74) is 5.65. The third kappa shape index (κ3) is 2.90. The van der Waals surface area contributed by atoms with Gasteiger partial charge in [0, 0.05) is 31.1 Å². The van der Waals surface area contributed by atoms with Crippen molar-refractivity contribution in [3.05, 3.63) is 0 Å². The van der Waals surface area contributed by atoms with E-state index >= 15 is 0 Å². The van der Waals surface area contributed by atoms with Crippen LogP contribution >= 0.6 is 0 Å². The summed E-state index contributed by atoms with van der Waals surface area (Å²) in [6.07, 6.45) is 7.86. The van der Waals surface area contributed by atoms with Gasteiger partial charge in [-0.15, -0.1) is 0 Å². The Hall–Kier alpha value is -0.120.